The van der Waals surface area contributed by atoms with Gasteiger partial charge in [-0.1, -0.05) is 0 Å². The molecule has 6 heteroatoms. The first-order chi connectivity index (χ1) is 7.83. The highest BCUT2D eigenvalue weighted by Gasteiger charge is 2.20. The Hall–Kier alpha value is -1.82. The van der Waals surface area contributed by atoms with Crippen LogP contribution in [-0.4, -0.2) is 29.3 Å². The molecule has 0 aromatic heterocycles. The summed E-state index contributed by atoms with van der Waals surface area (Å²) < 4.78 is 10.2. The Morgan fingerprint density at radius 2 is 2.12 bits per heavy atom. The molecule has 0 aliphatic rings. The first-order valence-corrected chi connectivity index (χ1v) is 5.01. The summed E-state index contributed by atoms with van der Waals surface area (Å²) in [5.74, 6) is 0.540. The summed E-state index contributed by atoms with van der Waals surface area (Å²) in [5.41, 5.74) is -1.22. The van der Waals surface area contributed by atoms with Crippen molar-refractivity contribution in [2.45, 2.75) is 19.4 Å². The molecule has 94 valence electrons. The fraction of sp³-hybridized carbons (Fsp3) is 0.455. The normalized spacial score (nSPS) is 11.1. The van der Waals surface area contributed by atoms with E-state index in [0.717, 1.165) is 0 Å². The van der Waals surface area contributed by atoms with Gasteiger partial charge in [-0.25, -0.2) is 0 Å². The molecule has 0 atom stereocenters. The van der Waals surface area contributed by atoms with E-state index in [4.69, 9.17) is 9.47 Å². The first kappa shape index (κ1) is 13.2. The highest BCUT2D eigenvalue weighted by molar-refractivity contribution is 5.50. The number of ether oxygens (including phenoxy) is 2. The lowest BCUT2D eigenvalue weighted by Crippen LogP contribution is -2.28. The molecule has 0 unspecified atom stereocenters. The van der Waals surface area contributed by atoms with Crippen molar-refractivity contribution in [3.63, 3.8) is 0 Å². The Morgan fingerprint density at radius 3 is 2.59 bits per heavy atom. The predicted octanol–water partition coefficient (Wildman–Crippen LogP) is 1.75. The molecule has 0 aliphatic heterocycles. The second-order valence-corrected chi connectivity index (χ2v) is 4.19. The van der Waals surface area contributed by atoms with Crippen molar-refractivity contribution >= 4 is 5.69 Å². The summed E-state index contributed by atoms with van der Waals surface area (Å²) in [6.07, 6.45) is 0. The highest BCUT2D eigenvalue weighted by atomic mass is 16.6. The first-order valence-electron chi connectivity index (χ1n) is 5.01. The summed E-state index contributed by atoms with van der Waals surface area (Å²) in [5, 5.41) is 20.3. The van der Waals surface area contributed by atoms with E-state index in [0.29, 0.717) is 5.75 Å². The van der Waals surface area contributed by atoms with Crippen molar-refractivity contribution in [3.8, 4) is 11.5 Å². The van der Waals surface area contributed by atoms with Crippen LogP contribution in [0.3, 0.4) is 0 Å². The number of benzene rings is 1. The van der Waals surface area contributed by atoms with Crippen LogP contribution in [0.15, 0.2) is 18.2 Å². The van der Waals surface area contributed by atoms with Gasteiger partial charge in [-0.05, 0) is 19.9 Å². The van der Waals surface area contributed by atoms with Crippen LogP contribution < -0.4 is 9.47 Å². The van der Waals surface area contributed by atoms with Gasteiger partial charge in [-0.2, -0.15) is 0 Å². The van der Waals surface area contributed by atoms with E-state index in [1.54, 1.807) is 13.8 Å². The van der Waals surface area contributed by atoms with E-state index >= 15 is 0 Å². The number of methoxy groups -OCH3 is 1. The molecule has 0 spiro atoms. The van der Waals surface area contributed by atoms with E-state index in [2.05, 4.69) is 0 Å². The Morgan fingerprint density at radius 1 is 1.47 bits per heavy atom. The molecular formula is C11H15NO5. The molecule has 1 rings (SSSR count). The van der Waals surface area contributed by atoms with Crippen molar-refractivity contribution in [1.29, 1.82) is 0 Å². The van der Waals surface area contributed by atoms with Crippen LogP contribution in [0.1, 0.15) is 13.8 Å². The van der Waals surface area contributed by atoms with Crippen LogP contribution in [0.5, 0.6) is 11.5 Å². The molecule has 0 radical (unpaired) electrons. The van der Waals surface area contributed by atoms with Gasteiger partial charge in [0, 0.05) is 12.1 Å². The molecule has 0 heterocycles. The second kappa shape index (κ2) is 5.01. The van der Waals surface area contributed by atoms with Crippen LogP contribution in [0.4, 0.5) is 5.69 Å². The third kappa shape index (κ3) is 3.92. The molecule has 1 aromatic rings. The van der Waals surface area contributed by atoms with Crippen molar-refractivity contribution in [3.05, 3.63) is 28.3 Å². The van der Waals surface area contributed by atoms with Crippen LogP contribution in [0.2, 0.25) is 0 Å². The molecule has 17 heavy (non-hydrogen) atoms. The standard InChI is InChI=1S/C11H15NO5/c1-11(2,13)7-17-10-6-8(16-3)4-5-9(10)12(14)15/h4-6,13H,7H2,1-3H3. The molecule has 6 nitrogen and oxygen atoms in total. The molecule has 1 aromatic carbocycles. The van der Waals surface area contributed by atoms with Crippen molar-refractivity contribution in [2.24, 2.45) is 0 Å². The fourth-order valence-corrected chi connectivity index (χ4v) is 1.14. The number of hydrogen-bond donors (Lipinski definition) is 1. The minimum atomic E-state index is -1.06. The van der Waals surface area contributed by atoms with E-state index in [-0.39, 0.29) is 18.0 Å². The lowest BCUT2D eigenvalue weighted by atomic mass is 10.2. The summed E-state index contributed by atoms with van der Waals surface area (Å²) in [6, 6.07) is 4.21. The van der Waals surface area contributed by atoms with E-state index < -0.39 is 10.5 Å². The maximum absolute atomic E-state index is 10.8. The minimum absolute atomic E-state index is 0.0407. The average Bonchev–Trinajstić information content (AvgIpc) is 2.24. The van der Waals surface area contributed by atoms with Crippen molar-refractivity contribution in [2.75, 3.05) is 13.7 Å². The second-order valence-electron chi connectivity index (χ2n) is 4.19. The molecule has 0 amide bonds. The summed E-state index contributed by atoms with van der Waals surface area (Å²) in [7, 11) is 1.46. The monoisotopic (exact) mass is 241 g/mol. The van der Waals surface area contributed by atoms with Gasteiger partial charge < -0.3 is 14.6 Å². The Kier molecular flexibility index (Phi) is 3.90. The Labute approximate surface area is 98.9 Å². The van der Waals surface area contributed by atoms with Gasteiger partial charge in [0.1, 0.15) is 12.4 Å². The summed E-state index contributed by atoms with van der Waals surface area (Å²) >= 11 is 0. The zero-order valence-corrected chi connectivity index (χ0v) is 9.97. The van der Waals surface area contributed by atoms with Crippen molar-refractivity contribution in [1.82, 2.24) is 0 Å². The molecule has 0 saturated carbocycles. The maximum atomic E-state index is 10.8. The van der Waals surface area contributed by atoms with Crippen LogP contribution >= 0.6 is 0 Å². The van der Waals surface area contributed by atoms with Crippen LogP contribution in [0, 0.1) is 10.1 Å². The Balaban J connectivity index is 2.97. The number of hydrogen-bond acceptors (Lipinski definition) is 5. The van der Waals surface area contributed by atoms with Gasteiger partial charge in [0.2, 0.25) is 5.75 Å². The van der Waals surface area contributed by atoms with Gasteiger partial charge in [0.05, 0.1) is 17.6 Å². The number of aliphatic hydroxyl groups is 1. The van der Waals surface area contributed by atoms with Crippen LogP contribution in [0.25, 0.3) is 0 Å². The van der Waals surface area contributed by atoms with Gasteiger partial charge in [0.25, 0.3) is 0 Å². The lowest BCUT2D eigenvalue weighted by Gasteiger charge is -2.17. The number of rotatable bonds is 5. The third-order valence-corrected chi connectivity index (χ3v) is 1.94. The highest BCUT2D eigenvalue weighted by Crippen LogP contribution is 2.31. The maximum Gasteiger partial charge on any atom is 0.311 e. The summed E-state index contributed by atoms with van der Waals surface area (Å²) in [6.45, 7) is 3.07. The van der Waals surface area contributed by atoms with E-state index in [1.165, 1.54) is 25.3 Å². The van der Waals surface area contributed by atoms with Gasteiger partial charge in [-0.3, -0.25) is 10.1 Å². The third-order valence-electron chi connectivity index (χ3n) is 1.94. The van der Waals surface area contributed by atoms with Crippen LogP contribution in [-0.2, 0) is 0 Å². The SMILES string of the molecule is COc1ccc([N+](=O)[O-])c(OCC(C)(C)O)c1. The van der Waals surface area contributed by atoms with Gasteiger partial charge >= 0.3 is 5.69 Å². The van der Waals surface area contributed by atoms with E-state index in [9.17, 15) is 15.2 Å². The van der Waals surface area contributed by atoms with Gasteiger partial charge in [0.15, 0.2) is 0 Å². The largest absolute Gasteiger partial charge is 0.497 e. The molecular weight excluding hydrogens is 226 g/mol. The Bertz CT molecular complexity index is 411. The fourth-order valence-electron chi connectivity index (χ4n) is 1.14. The predicted molar refractivity (Wildman–Crippen MR) is 61.4 cm³/mol. The minimum Gasteiger partial charge on any atom is -0.497 e. The smallest absolute Gasteiger partial charge is 0.311 e. The lowest BCUT2D eigenvalue weighted by molar-refractivity contribution is -0.386. The average molecular weight is 241 g/mol. The molecule has 0 bridgehead atoms. The molecule has 0 aliphatic carbocycles. The molecule has 1 N–H and O–H groups in total. The zero-order valence-electron chi connectivity index (χ0n) is 9.97. The molecule has 0 fully saturated rings. The van der Waals surface area contributed by atoms with Gasteiger partial charge in [-0.15, -0.1) is 0 Å². The van der Waals surface area contributed by atoms with Crippen molar-refractivity contribution < 1.29 is 19.5 Å². The number of nitrogens with zero attached hydrogens (tertiary/aromatic N) is 1. The van der Waals surface area contributed by atoms with E-state index in [1.807, 2.05) is 0 Å². The zero-order chi connectivity index (χ0) is 13.1. The quantitative estimate of drug-likeness (QED) is 0.627. The number of nitro groups is 1. The number of nitro benzene ring substituents is 1. The topological polar surface area (TPSA) is 81.8 Å². The molecule has 0 saturated heterocycles. The summed E-state index contributed by atoms with van der Waals surface area (Å²) in [4.78, 5) is 10.2.